The van der Waals surface area contributed by atoms with Gasteiger partial charge < -0.3 is 10.1 Å². The maximum atomic E-state index is 10.0. The zero-order valence-corrected chi connectivity index (χ0v) is 9.63. The fourth-order valence-corrected chi connectivity index (χ4v) is 2.01. The molecule has 0 bridgehead atoms. The molecule has 0 amide bonds. The molecule has 1 aromatic carbocycles. The van der Waals surface area contributed by atoms with Crippen LogP contribution in [0.2, 0.25) is 0 Å². The van der Waals surface area contributed by atoms with Crippen LogP contribution < -0.4 is 0 Å². The van der Waals surface area contributed by atoms with Crippen molar-refractivity contribution < 1.29 is 5.11 Å². The number of aromatic amines is 1. The zero-order valence-electron chi connectivity index (χ0n) is 9.63. The van der Waals surface area contributed by atoms with Gasteiger partial charge in [0.15, 0.2) is 0 Å². The normalized spacial score (nSPS) is 11.7. The Bertz CT molecular complexity index is 582. The third-order valence-corrected chi connectivity index (χ3v) is 2.80. The zero-order chi connectivity index (χ0) is 11.9. The molecule has 0 atom stereocenters. The van der Waals surface area contributed by atoms with Crippen molar-refractivity contribution >= 4 is 10.9 Å². The predicted molar refractivity (Wildman–Crippen MR) is 63.0 cm³/mol. The van der Waals surface area contributed by atoms with E-state index in [4.69, 9.17) is 5.26 Å². The number of hydrogen-bond acceptors (Lipinski definition) is 2. The average Bonchev–Trinajstić information content (AvgIpc) is 2.55. The van der Waals surface area contributed by atoms with Gasteiger partial charge in [0.25, 0.3) is 0 Å². The molecular weight excluding hydrogens is 200 g/mol. The van der Waals surface area contributed by atoms with E-state index in [0.29, 0.717) is 5.56 Å². The highest BCUT2D eigenvalue weighted by atomic mass is 16.3. The summed E-state index contributed by atoms with van der Waals surface area (Å²) in [5, 5.41) is 19.8. The average molecular weight is 214 g/mol. The number of aromatic nitrogens is 1. The standard InChI is InChI=1S/C13H14N2O/c1-8-10-6-9(7-14)4-5-11(10)15-12(8)13(2,3)16/h4-6,15-16H,1-3H3. The van der Waals surface area contributed by atoms with E-state index in [0.717, 1.165) is 22.2 Å². The van der Waals surface area contributed by atoms with Crippen molar-refractivity contribution in [2.45, 2.75) is 26.4 Å². The minimum Gasteiger partial charge on any atom is -0.384 e. The smallest absolute Gasteiger partial charge is 0.0991 e. The monoisotopic (exact) mass is 214 g/mol. The Kier molecular flexibility index (Phi) is 2.25. The van der Waals surface area contributed by atoms with Crippen molar-refractivity contribution in [3.8, 4) is 6.07 Å². The largest absolute Gasteiger partial charge is 0.384 e. The lowest BCUT2D eigenvalue weighted by molar-refractivity contribution is 0.0740. The van der Waals surface area contributed by atoms with Crippen LogP contribution in [0.1, 0.15) is 30.7 Å². The Hall–Kier alpha value is -1.79. The fourth-order valence-electron chi connectivity index (χ4n) is 2.01. The number of aliphatic hydroxyl groups is 1. The van der Waals surface area contributed by atoms with E-state index in [1.165, 1.54) is 0 Å². The quantitative estimate of drug-likeness (QED) is 0.766. The maximum absolute atomic E-state index is 10.0. The van der Waals surface area contributed by atoms with E-state index in [1.54, 1.807) is 19.9 Å². The third kappa shape index (κ3) is 1.58. The van der Waals surface area contributed by atoms with Gasteiger partial charge in [-0.2, -0.15) is 5.26 Å². The SMILES string of the molecule is Cc1c(C(C)(C)O)[nH]c2ccc(C#N)cc12. The van der Waals surface area contributed by atoms with Crippen LogP contribution in [-0.2, 0) is 5.60 Å². The summed E-state index contributed by atoms with van der Waals surface area (Å²) in [4.78, 5) is 3.20. The van der Waals surface area contributed by atoms with Crippen molar-refractivity contribution in [1.82, 2.24) is 4.98 Å². The first-order valence-electron chi connectivity index (χ1n) is 5.19. The van der Waals surface area contributed by atoms with Crippen molar-refractivity contribution in [3.05, 3.63) is 35.0 Å². The van der Waals surface area contributed by atoms with E-state index >= 15 is 0 Å². The molecule has 2 rings (SSSR count). The molecule has 3 nitrogen and oxygen atoms in total. The van der Waals surface area contributed by atoms with Crippen LogP contribution in [0.5, 0.6) is 0 Å². The van der Waals surface area contributed by atoms with Gasteiger partial charge in [-0.3, -0.25) is 0 Å². The summed E-state index contributed by atoms with van der Waals surface area (Å²) in [6, 6.07) is 7.60. The number of nitrogens with zero attached hydrogens (tertiary/aromatic N) is 1. The Morgan fingerprint density at radius 1 is 1.38 bits per heavy atom. The molecule has 0 aliphatic carbocycles. The molecule has 0 aliphatic heterocycles. The third-order valence-electron chi connectivity index (χ3n) is 2.80. The van der Waals surface area contributed by atoms with Crippen LogP contribution >= 0.6 is 0 Å². The Morgan fingerprint density at radius 3 is 2.62 bits per heavy atom. The number of nitriles is 1. The highest BCUT2D eigenvalue weighted by Crippen LogP contribution is 2.29. The number of aryl methyl sites for hydroxylation is 1. The van der Waals surface area contributed by atoms with Gasteiger partial charge in [-0.25, -0.2) is 0 Å². The summed E-state index contributed by atoms with van der Waals surface area (Å²) in [6.07, 6.45) is 0. The number of fused-ring (bicyclic) bond motifs is 1. The van der Waals surface area contributed by atoms with Gasteiger partial charge in [0.05, 0.1) is 22.9 Å². The van der Waals surface area contributed by atoms with E-state index in [9.17, 15) is 5.11 Å². The number of hydrogen-bond donors (Lipinski definition) is 2. The highest BCUT2D eigenvalue weighted by molar-refractivity contribution is 5.86. The summed E-state index contributed by atoms with van der Waals surface area (Å²) >= 11 is 0. The summed E-state index contributed by atoms with van der Waals surface area (Å²) in [5.41, 5.74) is 2.50. The van der Waals surface area contributed by atoms with Gasteiger partial charge in [-0.05, 0) is 44.5 Å². The molecule has 0 saturated carbocycles. The molecule has 0 fully saturated rings. The lowest BCUT2D eigenvalue weighted by Gasteiger charge is -2.16. The van der Waals surface area contributed by atoms with E-state index in [2.05, 4.69) is 11.1 Å². The van der Waals surface area contributed by atoms with Crippen molar-refractivity contribution in [1.29, 1.82) is 5.26 Å². The van der Waals surface area contributed by atoms with Crippen LogP contribution in [0.3, 0.4) is 0 Å². The van der Waals surface area contributed by atoms with Crippen molar-refractivity contribution in [2.75, 3.05) is 0 Å². The number of rotatable bonds is 1. The fraction of sp³-hybridized carbons (Fsp3) is 0.308. The second kappa shape index (κ2) is 3.36. The lowest BCUT2D eigenvalue weighted by atomic mass is 10.0. The van der Waals surface area contributed by atoms with Gasteiger partial charge >= 0.3 is 0 Å². The first-order valence-corrected chi connectivity index (χ1v) is 5.19. The molecule has 82 valence electrons. The van der Waals surface area contributed by atoms with Gasteiger partial charge in [-0.1, -0.05) is 0 Å². The summed E-state index contributed by atoms with van der Waals surface area (Å²) in [5.74, 6) is 0. The van der Waals surface area contributed by atoms with Gasteiger partial charge in [-0.15, -0.1) is 0 Å². The van der Waals surface area contributed by atoms with E-state index in [-0.39, 0.29) is 0 Å². The predicted octanol–water partition coefficient (Wildman–Crippen LogP) is 2.58. The van der Waals surface area contributed by atoms with E-state index < -0.39 is 5.60 Å². The number of H-pyrrole nitrogens is 1. The van der Waals surface area contributed by atoms with Gasteiger partial charge in [0.2, 0.25) is 0 Å². The first kappa shape index (κ1) is 10.7. The Morgan fingerprint density at radius 2 is 2.06 bits per heavy atom. The highest BCUT2D eigenvalue weighted by Gasteiger charge is 2.22. The van der Waals surface area contributed by atoms with Crippen LogP contribution in [0.4, 0.5) is 0 Å². The molecule has 3 heteroatoms. The van der Waals surface area contributed by atoms with Gasteiger partial charge in [0.1, 0.15) is 0 Å². The molecule has 0 saturated heterocycles. The van der Waals surface area contributed by atoms with Crippen LogP contribution in [0.25, 0.3) is 10.9 Å². The second-order valence-electron chi connectivity index (χ2n) is 4.56. The molecule has 0 unspecified atom stereocenters. The molecule has 0 spiro atoms. The van der Waals surface area contributed by atoms with Crippen molar-refractivity contribution in [2.24, 2.45) is 0 Å². The molecule has 16 heavy (non-hydrogen) atoms. The van der Waals surface area contributed by atoms with Gasteiger partial charge in [0, 0.05) is 10.9 Å². The molecule has 2 N–H and O–H groups in total. The number of nitrogens with one attached hydrogen (secondary N) is 1. The van der Waals surface area contributed by atoms with Crippen LogP contribution in [0.15, 0.2) is 18.2 Å². The van der Waals surface area contributed by atoms with Crippen LogP contribution in [0, 0.1) is 18.3 Å². The minimum atomic E-state index is -0.893. The van der Waals surface area contributed by atoms with Crippen molar-refractivity contribution in [3.63, 3.8) is 0 Å². The molecular formula is C13H14N2O. The molecule has 0 radical (unpaired) electrons. The lowest BCUT2D eigenvalue weighted by Crippen LogP contribution is -2.17. The van der Waals surface area contributed by atoms with Crippen LogP contribution in [-0.4, -0.2) is 10.1 Å². The van der Waals surface area contributed by atoms with E-state index in [1.807, 2.05) is 19.1 Å². The Labute approximate surface area is 94.3 Å². The minimum absolute atomic E-state index is 0.636. The maximum Gasteiger partial charge on any atom is 0.0991 e. The second-order valence-corrected chi connectivity index (χ2v) is 4.56. The molecule has 1 aromatic heterocycles. The first-order chi connectivity index (χ1) is 7.43. The number of benzene rings is 1. The summed E-state index contributed by atoms with van der Waals surface area (Å²) in [7, 11) is 0. The molecule has 0 aliphatic rings. The summed E-state index contributed by atoms with van der Waals surface area (Å²) < 4.78 is 0. The summed E-state index contributed by atoms with van der Waals surface area (Å²) in [6.45, 7) is 5.44. The molecule has 1 heterocycles. The molecule has 2 aromatic rings. The topological polar surface area (TPSA) is 59.8 Å². The Balaban J connectivity index is 2.75.